The van der Waals surface area contributed by atoms with Gasteiger partial charge in [-0.1, -0.05) is 87.4 Å². The summed E-state index contributed by atoms with van der Waals surface area (Å²) in [5, 5.41) is 46.7. The molecular weight excluding hydrogens is 1200 g/mol. The predicted molar refractivity (Wildman–Crippen MR) is 358 cm³/mol. The van der Waals surface area contributed by atoms with Gasteiger partial charge in [0.25, 0.3) is 0 Å². The highest BCUT2D eigenvalue weighted by Crippen LogP contribution is 2.23. The number of benzene rings is 2. The number of primary amides is 1. The number of guanidine groups is 4. The van der Waals surface area contributed by atoms with Crippen LogP contribution in [0.5, 0.6) is 0 Å². The Morgan fingerprint density at radius 3 is 1.05 bits per heavy atom. The molecule has 9 amide bonds. The molecule has 20 N–H and O–H groups in total. The van der Waals surface area contributed by atoms with Crippen LogP contribution in [0.3, 0.4) is 0 Å². The highest BCUT2D eigenvalue weighted by atomic mass is 16.2. The number of hydrogen-bond acceptors (Lipinski definition) is 14. The van der Waals surface area contributed by atoms with Crippen molar-refractivity contribution in [2.45, 2.75) is 117 Å². The van der Waals surface area contributed by atoms with E-state index in [0.717, 1.165) is 6.42 Å². The Balaban J connectivity index is 2.55. The number of hydrogen-bond donors (Lipinski definition) is 15. The minimum Gasteiger partial charge on any atom is -0.370 e. The molecule has 0 aliphatic rings. The van der Waals surface area contributed by atoms with Gasteiger partial charge in [-0.15, -0.1) is 0 Å². The van der Waals surface area contributed by atoms with Crippen molar-refractivity contribution >= 4 is 77.0 Å². The van der Waals surface area contributed by atoms with Gasteiger partial charge < -0.3 is 94.9 Å². The topological polar surface area (TPSA) is 474 Å². The smallest absolute Gasteiger partial charge is 0.243 e. The average Bonchev–Trinajstić information content (AvgIpc) is 0.981. The maximum atomic E-state index is 15.1. The maximum absolute atomic E-state index is 15.1. The maximum Gasteiger partial charge on any atom is 0.243 e. The van der Waals surface area contributed by atoms with Crippen molar-refractivity contribution in [1.82, 2.24) is 66.2 Å². The zero-order valence-electron chi connectivity index (χ0n) is 55.0. The summed E-state index contributed by atoms with van der Waals surface area (Å²) in [6.07, 6.45) is 6.17. The molecule has 0 aromatic heterocycles. The van der Waals surface area contributed by atoms with Crippen molar-refractivity contribution in [3.63, 3.8) is 0 Å². The number of rotatable bonds is 48. The third-order valence-corrected chi connectivity index (χ3v) is 15.1. The molecule has 0 spiro atoms. The fraction of sp³-hybridized carbons (Fsp3) is 0.597. The highest BCUT2D eigenvalue weighted by Gasteiger charge is 2.33. The van der Waals surface area contributed by atoms with E-state index in [2.05, 4.69) is 31.9 Å². The molecule has 0 saturated carbocycles. The Kier molecular flexibility index (Phi) is 39.4. The van der Waals surface area contributed by atoms with Gasteiger partial charge in [0.1, 0.15) is 6.54 Å². The van der Waals surface area contributed by atoms with Crippen molar-refractivity contribution in [3.8, 4) is 0 Å². The number of nitrogens with zero attached hydrogens (tertiary/aromatic N) is 7. The predicted octanol–water partition coefficient (Wildman–Crippen LogP) is -0.847. The second-order valence-corrected chi connectivity index (χ2v) is 22.6. The molecular formula is C62H106N22O9. The second kappa shape index (κ2) is 45.9. The molecule has 93 heavy (non-hydrogen) atoms. The lowest BCUT2D eigenvalue weighted by molar-refractivity contribution is -0.149. The zero-order valence-corrected chi connectivity index (χ0v) is 55.0. The summed E-state index contributed by atoms with van der Waals surface area (Å²) in [4.78, 5) is 136. The first-order valence-electron chi connectivity index (χ1n) is 32.0. The number of unbranched alkanes of at least 4 members (excludes halogenated alkanes) is 6. The van der Waals surface area contributed by atoms with E-state index in [1.807, 2.05) is 19.9 Å². The Morgan fingerprint density at radius 2 is 0.677 bits per heavy atom. The molecule has 2 aromatic carbocycles. The second-order valence-electron chi connectivity index (χ2n) is 22.6. The summed E-state index contributed by atoms with van der Waals surface area (Å²) in [6.45, 7) is 5.73. The van der Waals surface area contributed by atoms with E-state index >= 15 is 9.59 Å². The first-order chi connectivity index (χ1) is 44.4. The van der Waals surface area contributed by atoms with Crippen LogP contribution < -0.4 is 60.6 Å². The van der Waals surface area contributed by atoms with Crippen molar-refractivity contribution in [2.24, 2.45) is 28.7 Å². The fourth-order valence-electron chi connectivity index (χ4n) is 9.68. The molecule has 2 rings (SSSR count). The summed E-state index contributed by atoms with van der Waals surface area (Å²) in [7, 11) is 0. The van der Waals surface area contributed by atoms with Gasteiger partial charge in [0, 0.05) is 58.9 Å². The van der Waals surface area contributed by atoms with Gasteiger partial charge in [-0.25, -0.2) is 0 Å². The summed E-state index contributed by atoms with van der Waals surface area (Å²) < 4.78 is 0. The van der Waals surface area contributed by atoms with E-state index in [1.54, 1.807) is 68.4 Å². The Labute approximate surface area is 547 Å². The van der Waals surface area contributed by atoms with Gasteiger partial charge >= 0.3 is 0 Å². The first-order valence-corrected chi connectivity index (χ1v) is 32.0. The molecule has 0 bridgehead atoms. The summed E-state index contributed by atoms with van der Waals surface area (Å²) in [5.41, 5.74) is 28.9. The van der Waals surface area contributed by atoms with E-state index < -0.39 is 105 Å². The quantitative estimate of drug-likeness (QED) is 0.0218. The van der Waals surface area contributed by atoms with Gasteiger partial charge in [-0.05, 0) is 95.7 Å². The van der Waals surface area contributed by atoms with Gasteiger partial charge in [-0.3, -0.25) is 64.8 Å². The Hall–Kier alpha value is -9.29. The summed E-state index contributed by atoms with van der Waals surface area (Å²) in [5.74, 6) is -6.23. The van der Waals surface area contributed by atoms with Crippen LogP contribution in [0.2, 0.25) is 0 Å². The van der Waals surface area contributed by atoms with Crippen LogP contribution in [0.1, 0.15) is 128 Å². The zero-order chi connectivity index (χ0) is 69.1. The van der Waals surface area contributed by atoms with Crippen LogP contribution in [0.4, 0.5) is 0 Å². The number of carbonyl (C=O) groups excluding carboxylic acids is 9. The average molecular weight is 1300 g/mol. The van der Waals surface area contributed by atoms with Crippen LogP contribution in [0, 0.1) is 21.6 Å². The molecule has 0 fully saturated rings. The molecule has 0 radical (unpaired) electrons. The SMILES string of the molecule is CCCCN(CC(=O)NCC(=O)N(CCCCNC(=N)N)CC(=O)N(CCCC)CC(=O)N(CC(=O)N(CCCCNC(=N)N)CC(=O)N(CCCCNC(=N)N)CC(=O)N(CC(N)=O)[C@@H](C)c1ccccc1)[C@H](C)c1ccccc1)C(=O)CNCCCCNC(=N)N. The van der Waals surface area contributed by atoms with Crippen molar-refractivity contribution in [1.29, 1.82) is 21.6 Å². The van der Waals surface area contributed by atoms with E-state index in [9.17, 15) is 33.6 Å². The number of amides is 9. The summed E-state index contributed by atoms with van der Waals surface area (Å²) in [6, 6.07) is 16.5. The largest absolute Gasteiger partial charge is 0.370 e. The van der Waals surface area contributed by atoms with Crippen molar-refractivity contribution in [2.75, 3.05) is 124 Å². The molecule has 518 valence electrons. The van der Waals surface area contributed by atoms with Crippen LogP contribution in [0.25, 0.3) is 0 Å². The van der Waals surface area contributed by atoms with Gasteiger partial charge in [0.2, 0.25) is 53.2 Å². The molecule has 31 nitrogen and oxygen atoms in total. The van der Waals surface area contributed by atoms with Crippen LogP contribution in [0.15, 0.2) is 60.7 Å². The van der Waals surface area contributed by atoms with Gasteiger partial charge in [0.15, 0.2) is 23.8 Å². The monoisotopic (exact) mass is 1300 g/mol. The minimum atomic E-state index is -0.773. The molecule has 0 aliphatic carbocycles. The van der Waals surface area contributed by atoms with Gasteiger partial charge in [0.05, 0.1) is 64.4 Å². The van der Waals surface area contributed by atoms with E-state index in [-0.39, 0.29) is 75.6 Å². The lowest BCUT2D eigenvalue weighted by atomic mass is 10.1. The first kappa shape index (κ1) is 79.8. The number of nitrogens with one attached hydrogen (secondary N) is 10. The normalized spacial score (nSPS) is 11.4. The van der Waals surface area contributed by atoms with Crippen molar-refractivity contribution < 1.29 is 43.2 Å². The molecule has 31 heteroatoms. The molecule has 0 saturated heterocycles. The Bertz CT molecular complexity index is 2690. The Morgan fingerprint density at radius 1 is 0.366 bits per heavy atom. The lowest BCUT2D eigenvalue weighted by Crippen LogP contribution is -2.53. The molecule has 2 atom stereocenters. The van der Waals surface area contributed by atoms with Crippen LogP contribution in [-0.2, 0) is 43.2 Å². The third-order valence-electron chi connectivity index (χ3n) is 15.1. The molecule has 0 unspecified atom stereocenters. The fourth-order valence-corrected chi connectivity index (χ4v) is 9.68. The lowest BCUT2D eigenvalue weighted by Gasteiger charge is -2.35. The third kappa shape index (κ3) is 34.1. The van der Waals surface area contributed by atoms with E-state index in [1.165, 1.54) is 34.3 Å². The molecule has 0 heterocycles. The van der Waals surface area contributed by atoms with Crippen LogP contribution in [-0.4, -0.2) is 236 Å². The van der Waals surface area contributed by atoms with E-state index in [0.29, 0.717) is 114 Å². The van der Waals surface area contributed by atoms with Crippen molar-refractivity contribution in [3.05, 3.63) is 71.8 Å². The standard InChI is InChI=1S/C62H106N22O9/c1-5-7-32-78(52(87)37-72-27-15-16-28-73-59(64)65)40-51(86)77-38-53(88)79(34-20-17-29-74-60(66)67)41-54(89)80(33-8-6-2)44-58(93)84(47(4)49-25-13-10-14-26-49)45-56(91)81(35-21-18-30-75-61(68)69)42-55(90)82(36-22-19-31-76-62(70)71)43-57(92)83(39-50(63)85)46(3)48-23-11-9-12-24-48/h9-14,23-26,46-47,72H,5-8,15-22,27-45H2,1-4H3,(H2,63,85)(H,77,86)(H4,64,65,73)(H4,66,67,74)(H4,68,69,75)(H4,70,71,76)/t46-,47+/m0/s1. The highest BCUT2D eigenvalue weighted by molar-refractivity contribution is 5.94. The number of nitrogens with two attached hydrogens (primary N) is 5. The molecule has 0 aliphatic heterocycles. The molecule has 2 aromatic rings. The summed E-state index contributed by atoms with van der Waals surface area (Å²) >= 11 is 0. The van der Waals surface area contributed by atoms with E-state index in [4.69, 9.17) is 50.3 Å². The van der Waals surface area contributed by atoms with Gasteiger partial charge in [-0.2, -0.15) is 0 Å². The van der Waals surface area contributed by atoms with Crippen LogP contribution >= 0.6 is 0 Å². The minimum absolute atomic E-state index is 0.0120. The number of carbonyl (C=O) groups is 9.